The Labute approximate surface area is 120 Å². The SMILES string of the molecule is CN(Cc1ccnc2ccccc12)C1CCCCC1O. The number of hydrogen-bond acceptors (Lipinski definition) is 3. The van der Waals surface area contributed by atoms with E-state index in [9.17, 15) is 5.11 Å². The van der Waals surface area contributed by atoms with Crippen LogP contribution in [0.4, 0.5) is 0 Å². The van der Waals surface area contributed by atoms with Crippen LogP contribution in [0.2, 0.25) is 0 Å². The highest BCUT2D eigenvalue weighted by atomic mass is 16.3. The number of aliphatic hydroxyl groups excluding tert-OH is 1. The lowest BCUT2D eigenvalue weighted by atomic mass is 9.91. The summed E-state index contributed by atoms with van der Waals surface area (Å²) in [6, 6.07) is 10.6. The number of para-hydroxylation sites is 1. The zero-order valence-corrected chi connectivity index (χ0v) is 12.0. The van der Waals surface area contributed by atoms with Crippen LogP contribution in [0.1, 0.15) is 31.2 Å². The van der Waals surface area contributed by atoms with Crippen LogP contribution in [-0.2, 0) is 6.54 Å². The Hall–Kier alpha value is -1.45. The Kier molecular flexibility index (Phi) is 3.99. The molecule has 0 saturated heterocycles. The first kappa shape index (κ1) is 13.5. The van der Waals surface area contributed by atoms with Gasteiger partial charge in [-0.05, 0) is 37.6 Å². The van der Waals surface area contributed by atoms with E-state index in [1.165, 1.54) is 17.4 Å². The third-order valence-electron chi connectivity index (χ3n) is 4.42. The van der Waals surface area contributed by atoms with E-state index in [2.05, 4.69) is 35.1 Å². The first-order valence-electron chi connectivity index (χ1n) is 7.46. The van der Waals surface area contributed by atoms with Crippen molar-refractivity contribution in [2.24, 2.45) is 0 Å². The van der Waals surface area contributed by atoms with Crippen LogP contribution in [-0.4, -0.2) is 34.2 Å². The minimum absolute atomic E-state index is 0.179. The summed E-state index contributed by atoms with van der Waals surface area (Å²) < 4.78 is 0. The van der Waals surface area contributed by atoms with Gasteiger partial charge in [0, 0.05) is 24.2 Å². The first-order valence-corrected chi connectivity index (χ1v) is 7.46. The Bertz CT molecular complexity index is 579. The van der Waals surface area contributed by atoms with E-state index < -0.39 is 0 Å². The Morgan fingerprint density at radius 1 is 1.20 bits per heavy atom. The number of likely N-dealkylation sites (N-methyl/N-ethyl adjacent to an activating group) is 1. The maximum Gasteiger partial charge on any atom is 0.0705 e. The number of aliphatic hydroxyl groups is 1. The molecule has 1 N–H and O–H groups in total. The van der Waals surface area contributed by atoms with E-state index in [1.54, 1.807) is 0 Å². The number of fused-ring (bicyclic) bond motifs is 1. The normalized spacial score (nSPS) is 23.4. The molecule has 1 aliphatic rings. The van der Waals surface area contributed by atoms with E-state index in [-0.39, 0.29) is 12.1 Å². The van der Waals surface area contributed by atoms with Crippen molar-refractivity contribution in [3.05, 3.63) is 42.1 Å². The van der Waals surface area contributed by atoms with Crippen molar-refractivity contribution in [3.63, 3.8) is 0 Å². The molecular formula is C17H22N2O. The largest absolute Gasteiger partial charge is 0.391 e. The van der Waals surface area contributed by atoms with Crippen LogP contribution in [0.15, 0.2) is 36.5 Å². The molecule has 0 aliphatic heterocycles. The van der Waals surface area contributed by atoms with Gasteiger partial charge in [0.15, 0.2) is 0 Å². The molecule has 0 bridgehead atoms. The van der Waals surface area contributed by atoms with Gasteiger partial charge in [0.05, 0.1) is 11.6 Å². The average Bonchev–Trinajstić information content (AvgIpc) is 2.48. The highest BCUT2D eigenvalue weighted by Crippen LogP contribution is 2.25. The fourth-order valence-corrected chi connectivity index (χ4v) is 3.28. The lowest BCUT2D eigenvalue weighted by molar-refractivity contribution is 0.0290. The second kappa shape index (κ2) is 5.90. The fraction of sp³-hybridized carbons (Fsp3) is 0.471. The van der Waals surface area contributed by atoms with Crippen molar-refractivity contribution >= 4 is 10.9 Å². The van der Waals surface area contributed by atoms with Gasteiger partial charge in [0.25, 0.3) is 0 Å². The van der Waals surface area contributed by atoms with Gasteiger partial charge in [-0.2, -0.15) is 0 Å². The Balaban J connectivity index is 1.82. The molecule has 2 aromatic rings. The average molecular weight is 270 g/mol. The third kappa shape index (κ3) is 2.69. The summed E-state index contributed by atoms with van der Waals surface area (Å²) in [4.78, 5) is 6.71. The van der Waals surface area contributed by atoms with Crippen molar-refractivity contribution in [1.82, 2.24) is 9.88 Å². The molecule has 3 rings (SSSR count). The highest BCUT2D eigenvalue weighted by Gasteiger charge is 2.26. The first-order chi connectivity index (χ1) is 9.75. The molecule has 1 aromatic carbocycles. The zero-order valence-electron chi connectivity index (χ0n) is 12.0. The minimum Gasteiger partial charge on any atom is -0.391 e. The molecule has 0 spiro atoms. The third-order valence-corrected chi connectivity index (χ3v) is 4.42. The summed E-state index contributed by atoms with van der Waals surface area (Å²) in [6.45, 7) is 0.866. The van der Waals surface area contributed by atoms with Gasteiger partial charge in [-0.15, -0.1) is 0 Å². The van der Waals surface area contributed by atoms with Crippen LogP contribution >= 0.6 is 0 Å². The fourth-order valence-electron chi connectivity index (χ4n) is 3.28. The zero-order chi connectivity index (χ0) is 13.9. The molecule has 20 heavy (non-hydrogen) atoms. The van der Waals surface area contributed by atoms with Gasteiger partial charge in [0.1, 0.15) is 0 Å². The summed E-state index contributed by atoms with van der Waals surface area (Å²) >= 11 is 0. The molecule has 0 radical (unpaired) electrons. The van der Waals surface area contributed by atoms with Gasteiger partial charge in [-0.1, -0.05) is 31.0 Å². The van der Waals surface area contributed by atoms with Gasteiger partial charge in [-0.3, -0.25) is 9.88 Å². The lowest BCUT2D eigenvalue weighted by Gasteiger charge is -2.35. The van der Waals surface area contributed by atoms with Crippen LogP contribution in [0.5, 0.6) is 0 Å². The number of rotatable bonds is 3. The van der Waals surface area contributed by atoms with Crippen LogP contribution < -0.4 is 0 Å². The Morgan fingerprint density at radius 3 is 2.85 bits per heavy atom. The second-order valence-corrected chi connectivity index (χ2v) is 5.82. The number of nitrogens with zero attached hydrogens (tertiary/aromatic N) is 2. The monoisotopic (exact) mass is 270 g/mol. The maximum absolute atomic E-state index is 10.2. The second-order valence-electron chi connectivity index (χ2n) is 5.82. The van der Waals surface area contributed by atoms with Crippen molar-refractivity contribution < 1.29 is 5.11 Å². The summed E-state index contributed by atoms with van der Waals surface area (Å²) in [5, 5.41) is 11.4. The molecule has 2 unspecified atom stereocenters. The van der Waals surface area contributed by atoms with E-state index in [1.807, 2.05) is 18.3 Å². The number of aromatic nitrogens is 1. The molecule has 1 aliphatic carbocycles. The molecule has 3 nitrogen and oxygen atoms in total. The molecule has 2 atom stereocenters. The van der Waals surface area contributed by atoms with Crippen molar-refractivity contribution in [2.45, 2.75) is 44.4 Å². The van der Waals surface area contributed by atoms with E-state index in [0.29, 0.717) is 0 Å². The smallest absolute Gasteiger partial charge is 0.0705 e. The van der Waals surface area contributed by atoms with Gasteiger partial charge >= 0.3 is 0 Å². The minimum atomic E-state index is -0.179. The number of pyridine rings is 1. The molecule has 1 heterocycles. The number of hydrogen-bond donors (Lipinski definition) is 1. The van der Waals surface area contributed by atoms with Crippen molar-refractivity contribution in [1.29, 1.82) is 0 Å². The molecule has 1 saturated carbocycles. The van der Waals surface area contributed by atoms with Gasteiger partial charge < -0.3 is 5.11 Å². The van der Waals surface area contributed by atoms with E-state index >= 15 is 0 Å². The Morgan fingerprint density at radius 2 is 2.00 bits per heavy atom. The van der Waals surface area contributed by atoms with Gasteiger partial charge in [-0.25, -0.2) is 0 Å². The summed E-state index contributed by atoms with van der Waals surface area (Å²) in [6.07, 6.45) is 6.12. The van der Waals surface area contributed by atoms with E-state index in [0.717, 1.165) is 31.3 Å². The maximum atomic E-state index is 10.2. The summed E-state index contributed by atoms with van der Waals surface area (Å²) in [5.74, 6) is 0. The molecule has 1 aromatic heterocycles. The molecular weight excluding hydrogens is 248 g/mol. The molecule has 1 fully saturated rings. The number of benzene rings is 1. The molecule has 0 amide bonds. The lowest BCUT2D eigenvalue weighted by Crippen LogP contribution is -2.42. The topological polar surface area (TPSA) is 36.4 Å². The standard InChI is InChI=1S/C17H22N2O/c1-19(16-8-4-5-9-17(16)20)12-13-10-11-18-15-7-3-2-6-14(13)15/h2-3,6-7,10-11,16-17,20H,4-5,8-9,12H2,1H3. The highest BCUT2D eigenvalue weighted by molar-refractivity contribution is 5.81. The van der Waals surface area contributed by atoms with Crippen LogP contribution in [0.3, 0.4) is 0 Å². The summed E-state index contributed by atoms with van der Waals surface area (Å²) in [7, 11) is 2.12. The van der Waals surface area contributed by atoms with Crippen LogP contribution in [0.25, 0.3) is 10.9 Å². The molecule has 106 valence electrons. The van der Waals surface area contributed by atoms with Crippen molar-refractivity contribution in [2.75, 3.05) is 7.05 Å². The van der Waals surface area contributed by atoms with Gasteiger partial charge in [0.2, 0.25) is 0 Å². The van der Waals surface area contributed by atoms with E-state index in [4.69, 9.17) is 0 Å². The van der Waals surface area contributed by atoms with Crippen molar-refractivity contribution in [3.8, 4) is 0 Å². The quantitative estimate of drug-likeness (QED) is 0.931. The molecule has 3 heteroatoms. The summed E-state index contributed by atoms with van der Waals surface area (Å²) in [5.41, 5.74) is 2.33. The predicted molar refractivity (Wildman–Crippen MR) is 81.5 cm³/mol. The predicted octanol–water partition coefficient (Wildman–Crippen LogP) is 2.97. The van der Waals surface area contributed by atoms with Crippen LogP contribution in [0, 0.1) is 0 Å².